The van der Waals surface area contributed by atoms with Crippen molar-refractivity contribution in [1.29, 1.82) is 0 Å². The minimum Gasteiger partial charge on any atom is -0.497 e. The number of esters is 1. The molecular weight excluding hydrogens is 208 g/mol. The van der Waals surface area contributed by atoms with E-state index in [1.165, 1.54) is 7.11 Å². The lowest BCUT2D eigenvalue weighted by Gasteiger charge is -2.11. The summed E-state index contributed by atoms with van der Waals surface area (Å²) in [6.45, 7) is 0. The highest BCUT2D eigenvalue weighted by Gasteiger charge is 2.36. The second kappa shape index (κ2) is 4.14. The second-order valence-corrected chi connectivity index (χ2v) is 3.84. The number of hydrogen-bond acceptors (Lipinski definition) is 4. The Morgan fingerprint density at radius 2 is 2.19 bits per heavy atom. The van der Waals surface area contributed by atoms with Crippen LogP contribution < -0.4 is 4.74 Å². The molecule has 1 aromatic carbocycles. The molecule has 0 saturated heterocycles. The molecule has 0 radical (unpaired) electrons. The standard InChI is InChI=1S/C12H14O4/c1-15-8-3-4-9-7(5-8)6-10(11(9)13)12(14)16-2/h3-5,10-11,13H,6H2,1-2H3. The van der Waals surface area contributed by atoms with E-state index in [-0.39, 0.29) is 5.97 Å². The van der Waals surface area contributed by atoms with Gasteiger partial charge in [0.2, 0.25) is 0 Å². The van der Waals surface area contributed by atoms with E-state index >= 15 is 0 Å². The number of carbonyl (C=O) groups excluding carboxylic acids is 1. The van der Waals surface area contributed by atoms with Crippen molar-refractivity contribution < 1.29 is 19.4 Å². The highest BCUT2D eigenvalue weighted by Crippen LogP contribution is 2.38. The summed E-state index contributed by atoms with van der Waals surface area (Å²) in [4.78, 5) is 11.4. The van der Waals surface area contributed by atoms with Crippen LogP contribution in [0.2, 0.25) is 0 Å². The van der Waals surface area contributed by atoms with Crippen molar-refractivity contribution in [2.75, 3.05) is 14.2 Å². The Hall–Kier alpha value is -1.55. The van der Waals surface area contributed by atoms with E-state index in [0.29, 0.717) is 6.42 Å². The molecule has 16 heavy (non-hydrogen) atoms. The van der Waals surface area contributed by atoms with Gasteiger partial charge in [0.25, 0.3) is 0 Å². The van der Waals surface area contributed by atoms with Gasteiger partial charge in [0.1, 0.15) is 5.75 Å². The molecule has 0 saturated carbocycles. The molecule has 2 atom stereocenters. The van der Waals surface area contributed by atoms with Gasteiger partial charge in [-0.3, -0.25) is 4.79 Å². The minimum absolute atomic E-state index is 0.373. The van der Waals surface area contributed by atoms with Crippen molar-refractivity contribution in [3.63, 3.8) is 0 Å². The first-order valence-corrected chi connectivity index (χ1v) is 5.10. The molecule has 1 N–H and O–H groups in total. The maximum absolute atomic E-state index is 11.4. The summed E-state index contributed by atoms with van der Waals surface area (Å²) in [5.74, 6) is -0.133. The molecule has 4 heteroatoms. The highest BCUT2D eigenvalue weighted by atomic mass is 16.5. The van der Waals surface area contributed by atoms with Gasteiger partial charge in [-0.15, -0.1) is 0 Å². The fourth-order valence-electron chi connectivity index (χ4n) is 2.10. The number of fused-ring (bicyclic) bond motifs is 1. The zero-order valence-electron chi connectivity index (χ0n) is 9.27. The third-order valence-corrected chi connectivity index (χ3v) is 2.99. The van der Waals surface area contributed by atoms with Crippen molar-refractivity contribution in [3.05, 3.63) is 29.3 Å². The summed E-state index contributed by atoms with van der Waals surface area (Å²) in [5, 5.41) is 9.96. The molecule has 0 heterocycles. The van der Waals surface area contributed by atoms with Gasteiger partial charge < -0.3 is 14.6 Å². The van der Waals surface area contributed by atoms with Gasteiger partial charge in [0.15, 0.2) is 0 Å². The molecule has 0 fully saturated rings. The molecule has 0 amide bonds. The zero-order chi connectivity index (χ0) is 11.7. The molecule has 2 unspecified atom stereocenters. The largest absolute Gasteiger partial charge is 0.497 e. The molecule has 0 spiro atoms. The van der Waals surface area contributed by atoms with Crippen LogP contribution in [0.5, 0.6) is 5.75 Å². The Labute approximate surface area is 93.8 Å². The van der Waals surface area contributed by atoms with Gasteiger partial charge in [-0.1, -0.05) is 6.07 Å². The molecule has 1 aliphatic carbocycles. The molecule has 4 nitrogen and oxygen atoms in total. The highest BCUT2D eigenvalue weighted by molar-refractivity contribution is 5.75. The van der Waals surface area contributed by atoms with E-state index in [2.05, 4.69) is 4.74 Å². The first kappa shape index (κ1) is 11.0. The van der Waals surface area contributed by atoms with Crippen LogP contribution >= 0.6 is 0 Å². The normalized spacial score (nSPS) is 22.7. The van der Waals surface area contributed by atoms with Gasteiger partial charge in [0, 0.05) is 0 Å². The maximum atomic E-state index is 11.4. The average molecular weight is 222 g/mol. The Balaban J connectivity index is 2.30. The van der Waals surface area contributed by atoms with Crippen molar-refractivity contribution >= 4 is 5.97 Å². The third-order valence-electron chi connectivity index (χ3n) is 2.99. The van der Waals surface area contributed by atoms with E-state index in [4.69, 9.17) is 4.74 Å². The van der Waals surface area contributed by atoms with E-state index in [0.717, 1.165) is 16.9 Å². The third kappa shape index (κ3) is 1.65. The van der Waals surface area contributed by atoms with Gasteiger partial charge in [-0.05, 0) is 29.7 Å². The first-order chi connectivity index (χ1) is 7.67. The molecule has 1 aromatic rings. The van der Waals surface area contributed by atoms with E-state index in [1.54, 1.807) is 19.2 Å². The summed E-state index contributed by atoms with van der Waals surface area (Å²) in [6, 6.07) is 5.42. The van der Waals surface area contributed by atoms with Crippen LogP contribution in [0.3, 0.4) is 0 Å². The van der Waals surface area contributed by atoms with Crippen LogP contribution in [0.25, 0.3) is 0 Å². The number of benzene rings is 1. The predicted molar refractivity (Wildman–Crippen MR) is 57.2 cm³/mol. The van der Waals surface area contributed by atoms with Gasteiger partial charge in [0.05, 0.1) is 26.2 Å². The quantitative estimate of drug-likeness (QED) is 0.760. The van der Waals surface area contributed by atoms with Crippen LogP contribution in [0.1, 0.15) is 17.2 Å². The molecule has 0 aromatic heterocycles. The first-order valence-electron chi connectivity index (χ1n) is 5.10. The number of ether oxygens (including phenoxy) is 2. The Morgan fingerprint density at radius 1 is 1.44 bits per heavy atom. The number of methoxy groups -OCH3 is 2. The second-order valence-electron chi connectivity index (χ2n) is 3.84. The van der Waals surface area contributed by atoms with Crippen molar-refractivity contribution in [2.24, 2.45) is 5.92 Å². The van der Waals surface area contributed by atoms with Crippen LogP contribution in [0.15, 0.2) is 18.2 Å². The maximum Gasteiger partial charge on any atom is 0.311 e. The van der Waals surface area contributed by atoms with Crippen LogP contribution in [0, 0.1) is 5.92 Å². The monoisotopic (exact) mass is 222 g/mol. The van der Waals surface area contributed by atoms with Crippen LogP contribution in [-0.4, -0.2) is 25.3 Å². The van der Waals surface area contributed by atoms with Crippen molar-refractivity contribution in [3.8, 4) is 5.75 Å². The van der Waals surface area contributed by atoms with Crippen molar-refractivity contribution in [2.45, 2.75) is 12.5 Å². The fraction of sp³-hybridized carbons (Fsp3) is 0.417. The molecular formula is C12H14O4. The molecule has 1 aliphatic rings. The smallest absolute Gasteiger partial charge is 0.311 e. The Bertz CT molecular complexity index is 413. The lowest BCUT2D eigenvalue weighted by atomic mass is 10.0. The van der Waals surface area contributed by atoms with Gasteiger partial charge in [-0.25, -0.2) is 0 Å². The lowest BCUT2D eigenvalue weighted by molar-refractivity contribution is -0.148. The van der Waals surface area contributed by atoms with E-state index in [1.807, 2.05) is 6.07 Å². The van der Waals surface area contributed by atoms with E-state index in [9.17, 15) is 9.90 Å². The van der Waals surface area contributed by atoms with E-state index < -0.39 is 12.0 Å². The average Bonchev–Trinajstić information content (AvgIpc) is 2.65. The number of aliphatic hydroxyl groups excluding tert-OH is 1. The lowest BCUT2D eigenvalue weighted by Crippen LogP contribution is -2.20. The van der Waals surface area contributed by atoms with Gasteiger partial charge >= 0.3 is 5.97 Å². The van der Waals surface area contributed by atoms with Crippen LogP contribution in [-0.2, 0) is 16.0 Å². The Kier molecular flexibility index (Phi) is 2.83. The summed E-state index contributed by atoms with van der Waals surface area (Å²) in [5.41, 5.74) is 1.73. The minimum atomic E-state index is -0.770. The van der Waals surface area contributed by atoms with Crippen molar-refractivity contribution in [1.82, 2.24) is 0 Å². The summed E-state index contributed by atoms with van der Waals surface area (Å²) in [6.07, 6.45) is -0.270. The number of aliphatic hydroxyl groups is 1. The number of rotatable bonds is 2. The molecule has 2 rings (SSSR count). The molecule has 0 aliphatic heterocycles. The number of hydrogen-bond donors (Lipinski definition) is 1. The predicted octanol–water partition coefficient (Wildman–Crippen LogP) is 1.07. The van der Waals surface area contributed by atoms with Crippen LogP contribution in [0.4, 0.5) is 0 Å². The zero-order valence-corrected chi connectivity index (χ0v) is 9.27. The topological polar surface area (TPSA) is 55.8 Å². The summed E-state index contributed by atoms with van der Waals surface area (Å²) in [7, 11) is 2.92. The number of carbonyl (C=O) groups is 1. The summed E-state index contributed by atoms with van der Waals surface area (Å²) < 4.78 is 9.76. The molecule has 0 bridgehead atoms. The SMILES string of the molecule is COC(=O)C1Cc2cc(OC)ccc2C1O. The summed E-state index contributed by atoms with van der Waals surface area (Å²) >= 11 is 0. The Morgan fingerprint density at radius 3 is 2.81 bits per heavy atom. The molecule has 86 valence electrons. The van der Waals surface area contributed by atoms with Gasteiger partial charge in [-0.2, -0.15) is 0 Å². The fourth-order valence-corrected chi connectivity index (χ4v) is 2.10.